The number of benzene rings is 1. The summed E-state index contributed by atoms with van der Waals surface area (Å²) in [6, 6.07) is 3.76. The molecule has 0 aliphatic carbocycles. The number of halogens is 1. The van der Waals surface area contributed by atoms with Gasteiger partial charge in [-0.25, -0.2) is 0 Å². The quantitative estimate of drug-likeness (QED) is 0.574. The van der Waals surface area contributed by atoms with Crippen LogP contribution in [-0.2, 0) is 0 Å². The van der Waals surface area contributed by atoms with Crippen LogP contribution in [0.25, 0.3) is 0 Å². The number of aliphatic hydroxyl groups is 2. The van der Waals surface area contributed by atoms with Gasteiger partial charge in [0.1, 0.15) is 5.69 Å². The van der Waals surface area contributed by atoms with E-state index in [0.717, 1.165) is 6.07 Å². The zero-order valence-electron chi connectivity index (χ0n) is 8.78. The highest BCUT2D eigenvalue weighted by Gasteiger charge is 2.34. The lowest BCUT2D eigenvalue weighted by Crippen LogP contribution is -2.22. The molecule has 2 atom stereocenters. The highest BCUT2D eigenvalue weighted by atomic mass is 19.1. The first-order chi connectivity index (χ1) is 8.00. The average Bonchev–Trinajstić information content (AvgIpc) is 2.58. The number of rotatable bonds is 2. The molecule has 0 amide bonds. The molecule has 0 bridgehead atoms. The summed E-state index contributed by atoms with van der Waals surface area (Å²) < 4.78 is 13.4. The van der Waals surface area contributed by atoms with Gasteiger partial charge in [0.25, 0.3) is 0 Å². The van der Waals surface area contributed by atoms with Crippen LogP contribution < -0.4 is 4.90 Å². The molecule has 1 heterocycles. The summed E-state index contributed by atoms with van der Waals surface area (Å²) in [7, 11) is 0. The first-order valence-corrected chi connectivity index (χ1v) is 5.04. The third-order valence-electron chi connectivity index (χ3n) is 2.75. The summed E-state index contributed by atoms with van der Waals surface area (Å²) in [4.78, 5) is 11.4. The van der Waals surface area contributed by atoms with Crippen molar-refractivity contribution < 1.29 is 19.5 Å². The topological polar surface area (TPSA) is 86.8 Å². The van der Waals surface area contributed by atoms with Crippen molar-refractivity contribution in [2.75, 3.05) is 18.0 Å². The van der Waals surface area contributed by atoms with E-state index >= 15 is 0 Å². The van der Waals surface area contributed by atoms with E-state index in [1.807, 2.05) is 0 Å². The number of nitro benzene ring substituents is 1. The molecule has 1 fully saturated rings. The second kappa shape index (κ2) is 4.27. The lowest BCUT2D eigenvalue weighted by molar-refractivity contribution is -0.386. The van der Waals surface area contributed by atoms with Crippen molar-refractivity contribution in [2.45, 2.75) is 12.2 Å². The molecular weight excluding hydrogens is 231 g/mol. The van der Waals surface area contributed by atoms with Gasteiger partial charge in [-0.05, 0) is 12.1 Å². The monoisotopic (exact) mass is 242 g/mol. The Morgan fingerprint density at radius 3 is 2.47 bits per heavy atom. The van der Waals surface area contributed by atoms with Crippen molar-refractivity contribution in [1.82, 2.24) is 0 Å². The maximum absolute atomic E-state index is 13.4. The zero-order chi connectivity index (χ0) is 12.6. The van der Waals surface area contributed by atoms with Gasteiger partial charge in [-0.3, -0.25) is 10.1 Å². The summed E-state index contributed by atoms with van der Waals surface area (Å²) in [6.07, 6.45) is -1.95. The van der Waals surface area contributed by atoms with Crippen LogP contribution in [-0.4, -0.2) is 40.4 Å². The number of hydrogen-bond donors (Lipinski definition) is 2. The molecule has 1 aliphatic rings. The van der Waals surface area contributed by atoms with E-state index in [1.165, 1.54) is 17.0 Å². The molecule has 0 radical (unpaired) electrons. The van der Waals surface area contributed by atoms with Gasteiger partial charge < -0.3 is 15.1 Å². The van der Waals surface area contributed by atoms with Crippen LogP contribution >= 0.6 is 0 Å². The maximum atomic E-state index is 13.4. The van der Waals surface area contributed by atoms with Crippen molar-refractivity contribution in [3.8, 4) is 0 Å². The van der Waals surface area contributed by atoms with Crippen LogP contribution in [0.2, 0.25) is 0 Å². The van der Waals surface area contributed by atoms with Gasteiger partial charge in [0.15, 0.2) is 0 Å². The van der Waals surface area contributed by atoms with Gasteiger partial charge in [0.2, 0.25) is 5.82 Å². The highest BCUT2D eigenvalue weighted by Crippen LogP contribution is 2.32. The second-order valence-electron chi connectivity index (χ2n) is 3.90. The SMILES string of the molecule is O=[N+]([O-])c1c(F)cccc1N1CC(O)C(O)C1. The van der Waals surface area contributed by atoms with Crippen LogP contribution in [0.5, 0.6) is 0 Å². The smallest absolute Gasteiger partial charge is 0.327 e. The molecule has 1 saturated heterocycles. The number of β-amino-alcohol motifs (C(OH)–C–C–N with tert-alkyl or cyclic N) is 2. The predicted molar refractivity (Wildman–Crippen MR) is 57.3 cm³/mol. The fourth-order valence-electron chi connectivity index (χ4n) is 1.91. The lowest BCUT2D eigenvalue weighted by Gasteiger charge is -2.17. The average molecular weight is 242 g/mol. The summed E-state index contributed by atoms with van der Waals surface area (Å²) in [5.74, 6) is -0.927. The molecule has 92 valence electrons. The number of hydrogen-bond acceptors (Lipinski definition) is 5. The first-order valence-electron chi connectivity index (χ1n) is 5.04. The Balaban J connectivity index is 2.39. The number of anilines is 1. The number of aliphatic hydroxyl groups excluding tert-OH is 2. The van der Waals surface area contributed by atoms with Crippen LogP contribution in [0.3, 0.4) is 0 Å². The normalized spacial score (nSPS) is 24.1. The van der Waals surface area contributed by atoms with Gasteiger partial charge in [-0.15, -0.1) is 0 Å². The van der Waals surface area contributed by atoms with Gasteiger partial charge in [0, 0.05) is 13.1 Å². The highest BCUT2D eigenvalue weighted by molar-refractivity contribution is 5.64. The molecule has 1 aliphatic heterocycles. The molecule has 7 heteroatoms. The molecule has 17 heavy (non-hydrogen) atoms. The molecule has 2 unspecified atom stereocenters. The Bertz CT molecular complexity index is 444. The Kier molecular flexibility index (Phi) is 2.95. The zero-order valence-corrected chi connectivity index (χ0v) is 8.78. The Labute approximate surface area is 96.1 Å². The van der Waals surface area contributed by atoms with Crippen molar-refractivity contribution in [1.29, 1.82) is 0 Å². The number of nitro groups is 1. The second-order valence-corrected chi connectivity index (χ2v) is 3.90. The van der Waals surface area contributed by atoms with E-state index in [1.54, 1.807) is 0 Å². The molecule has 1 aromatic rings. The van der Waals surface area contributed by atoms with E-state index in [9.17, 15) is 24.7 Å². The number of nitrogens with zero attached hydrogens (tertiary/aromatic N) is 2. The number of para-hydroxylation sites is 1. The molecule has 1 aromatic carbocycles. The van der Waals surface area contributed by atoms with Gasteiger partial charge in [0.05, 0.1) is 17.1 Å². The van der Waals surface area contributed by atoms with E-state index in [-0.39, 0.29) is 18.8 Å². The first kappa shape index (κ1) is 11.7. The largest absolute Gasteiger partial charge is 0.389 e. The van der Waals surface area contributed by atoms with Crippen LogP contribution in [0.1, 0.15) is 0 Å². The van der Waals surface area contributed by atoms with Crippen molar-refractivity contribution in [2.24, 2.45) is 0 Å². The molecule has 0 spiro atoms. The van der Waals surface area contributed by atoms with Gasteiger partial charge >= 0.3 is 5.69 Å². The Hall–Kier alpha value is -1.73. The predicted octanol–water partition coefficient (Wildman–Crippen LogP) is 0.276. The third-order valence-corrected chi connectivity index (χ3v) is 2.75. The molecule has 0 aromatic heterocycles. The molecule has 2 N–H and O–H groups in total. The summed E-state index contributed by atoms with van der Waals surface area (Å²) in [6.45, 7) is 0.0942. The van der Waals surface area contributed by atoms with E-state index in [4.69, 9.17) is 0 Å². The maximum Gasteiger partial charge on any atom is 0.327 e. The van der Waals surface area contributed by atoms with E-state index in [2.05, 4.69) is 0 Å². The lowest BCUT2D eigenvalue weighted by atomic mass is 10.2. The molecule has 2 rings (SSSR count). The molecule has 0 saturated carbocycles. The van der Waals surface area contributed by atoms with Gasteiger partial charge in [-0.2, -0.15) is 4.39 Å². The van der Waals surface area contributed by atoms with E-state index < -0.39 is 28.6 Å². The van der Waals surface area contributed by atoms with Crippen LogP contribution in [0.4, 0.5) is 15.8 Å². The van der Waals surface area contributed by atoms with Crippen LogP contribution in [0.15, 0.2) is 18.2 Å². The fourth-order valence-corrected chi connectivity index (χ4v) is 1.91. The minimum Gasteiger partial charge on any atom is -0.389 e. The minimum absolute atomic E-state index is 0.0471. The Morgan fingerprint density at radius 2 is 1.94 bits per heavy atom. The van der Waals surface area contributed by atoms with Crippen molar-refractivity contribution >= 4 is 11.4 Å². The summed E-state index contributed by atoms with van der Waals surface area (Å²) in [5, 5.41) is 29.5. The van der Waals surface area contributed by atoms with Gasteiger partial charge in [-0.1, -0.05) is 6.07 Å². The van der Waals surface area contributed by atoms with Crippen molar-refractivity contribution in [3.63, 3.8) is 0 Å². The third kappa shape index (κ3) is 2.06. The summed E-state index contributed by atoms with van der Waals surface area (Å²) >= 11 is 0. The minimum atomic E-state index is -0.974. The van der Waals surface area contributed by atoms with Crippen LogP contribution in [0, 0.1) is 15.9 Å². The van der Waals surface area contributed by atoms with E-state index in [0.29, 0.717) is 0 Å². The Morgan fingerprint density at radius 1 is 1.35 bits per heavy atom. The standard InChI is InChI=1S/C10H11FN2O4/c11-6-2-1-3-7(10(6)13(16)17)12-4-8(14)9(15)5-12/h1-3,8-9,14-15H,4-5H2. The van der Waals surface area contributed by atoms with Crippen molar-refractivity contribution in [3.05, 3.63) is 34.1 Å². The summed E-state index contributed by atoms with van der Waals surface area (Å²) in [5.41, 5.74) is -0.556. The fraction of sp³-hybridized carbons (Fsp3) is 0.400. The molecular formula is C10H11FN2O4. The molecule has 6 nitrogen and oxygen atoms in total.